The van der Waals surface area contributed by atoms with Gasteiger partial charge in [-0.3, -0.25) is 4.90 Å². The van der Waals surface area contributed by atoms with E-state index in [1.54, 1.807) is 11.3 Å². The van der Waals surface area contributed by atoms with E-state index >= 15 is 0 Å². The van der Waals surface area contributed by atoms with Crippen molar-refractivity contribution >= 4 is 40.2 Å². The third kappa shape index (κ3) is 3.69. The number of nitrogens with zero attached hydrogens (tertiary/aromatic N) is 3. The molecule has 0 aromatic carbocycles. The van der Waals surface area contributed by atoms with Gasteiger partial charge in [-0.05, 0) is 32.7 Å². The molecular formula is C13H19ClN4S2. The summed E-state index contributed by atoms with van der Waals surface area (Å²) in [6, 6.07) is 0. The van der Waals surface area contributed by atoms with E-state index in [1.165, 1.54) is 46.1 Å². The van der Waals surface area contributed by atoms with Gasteiger partial charge in [0.1, 0.15) is 5.01 Å². The Morgan fingerprint density at radius 3 is 2.75 bits per heavy atom. The number of fused-ring (bicyclic) bond motifs is 1. The van der Waals surface area contributed by atoms with E-state index in [1.807, 2.05) is 17.5 Å². The van der Waals surface area contributed by atoms with Crippen molar-refractivity contribution < 1.29 is 0 Å². The van der Waals surface area contributed by atoms with Gasteiger partial charge in [-0.2, -0.15) is 0 Å². The number of nitrogens with two attached hydrogens (primary N) is 1. The topological polar surface area (TPSA) is 55.0 Å². The lowest BCUT2D eigenvalue weighted by Crippen LogP contribution is -2.16. The van der Waals surface area contributed by atoms with Crippen molar-refractivity contribution in [3.63, 3.8) is 0 Å². The van der Waals surface area contributed by atoms with Gasteiger partial charge in [0.05, 0.1) is 12.2 Å². The molecule has 0 saturated carbocycles. The number of hydrogen-bond acceptors (Lipinski definition) is 6. The van der Waals surface area contributed by atoms with Gasteiger partial charge in [-0.25, -0.2) is 9.97 Å². The first kappa shape index (κ1) is 15.7. The molecular weight excluding hydrogens is 312 g/mol. The Balaban J connectivity index is 0.00000147. The molecule has 0 fully saturated rings. The first-order valence-electron chi connectivity index (χ1n) is 6.57. The van der Waals surface area contributed by atoms with Crippen molar-refractivity contribution in [1.82, 2.24) is 14.9 Å². The van der Waals surface area contributed by atoms with Gasteiger partial charge in [0.2, 0.25) is 0 Å². The van der Waals surface area contributed by atoms with Gasteiger partial charge in [0.15, 0.2) is 5.13 Å². The quantitative estimate of drug-likeness (QED) is 0.935. The van der Waals surface area contributed by atoms with Crippen LogP contribution in [0.5, 0.6) is 0 Å². The van der Waals surface area contributed by atoms with Crippen molar-refractivity contribution in [2.24, 2.45) is 0 Å². The molecule has 3 rings (SSSR count). The van der Waals surface area contributed by atoms with Gasteiger partial charge >= 0.3 is 0 Å². The monoisotopic (exact) mass is 330 g/mol. The van der Waals surface area contributed by atoms with Crippen molar-refractivity contribution in [2.75, 3.05) is 12.8 Å². The Morgan fingerprint density at radius 1 is 1.25 bits per heavy atom. The summed E-state index contributed by atoms with van der Waals surface area (Å²) in [5.41, 5.74) is 7.00. The van der Waals surface area contributed by atoms with Crippen molar-refractivity contribution in [1.29, 1.82) is 0 Å². The van der Waals surface area contributed by atoms with Crippen LogP contribution < -0.4 is 5.73 Å². The molecule has 0 amide bonds. The molecule has 0 atom stereocenters. The molecule has 0 bridgehead atoms. The average molecular weight is 331 g/mol. The highest BCUT2D eigenvalue weighted by molar-refractivity contribution is 7.15. The second-order valence-corrected chi connectivity index (χ2v) is 7.34. The minimum absolute atomic E-state index is 0. The van der Waals surface area contributed by atoms with Gasteiger partial charge in [-0.1, -0.05) is 0 Å². The van der Waals surface area contributed by atoms with E-state index in [0.29, 0.717) is 5.13 Å². The molecule has 0 unspecified atom stereocenters. The van der Waals surface area contributed by atoms with Crippen LogP contribution in [0.2, 0.25) is 0 Å². The van der Waals surface area contributed by atoms with Gasteiger partial charge < -0.3 is 5.73 Å². The van der Waals surface area contributed by atoms with Crippen LogP contribution >= 0.6 is 35.1 Å². The van der Waals surface area contributed by atoms with Gasteiger partial charge in [0.25, 0.3) is 0 Å². The Bertz CT molecular complexity index is 543. The Morgan fingerprint density at radius 2 is 2.05 bits per heavy atom. The summed E-state index contributed by atoms with van der Waals surface area (Å²) in [6.45, 7) is 1.80. The third-order valence-electron chi connectivity index (χ3n) is 3.29. The first-order chi connectivity index (χ1) is 9.20. The molecule has 7 heteroatoms. The van der Waals surface area contributed by atoms with Crippen LogP contribution in [0.25, 0.3) is 0 Å². The molecule has 0 spiro atoms. The van der Waals surface area contributed by atoms with Crippen LogP contribution in [-0.4, -0.2) is 21.9 Å². The number of anilines is 1. The maximum absolute atomic E-state index is 5.65. The molecule has 2 aromatic heterocycles. The van der Waals surface area contributed by atoms with Crippen molar-refractivity contribution in [3.05, 3.63) is 26.7 Å². The summed E-state index contributed by atoms with van der Waals surface area (Å²) in [6.07, 6.45) is 6.88. The highest BCUT2D eigenvalue weighted by atomic mass is 35.5. The standard InChI is InChI=1S/C13H18N4S2.ClH/c1-17(7-9-6-15-13(14)18-9)8-12-16-10-4-2-3-5-11(10)19-12;/h6H,2-5,7-8H2,1H3,(H2,14,15);1H. The van der Waals surface area contributed by atoms with Crippen LogP contribution in [0.3, 0.4) is 0 Å². The van der Waals surface area contributed by atoms with E-state index in [4.69, 9.17) is 10.7 Å². The number of rotatable bonds is 4. The SMILES string of the molecule is CN(Cc1cnc(N)s1)Cc1nc2c(s1)CCCC2.Cl. The largest absolute Gasteiger partial charge is 0.375 e. The second kappa shape index (κ2) is 6.85. The molecule has 2 aromatic rings. The zero-order valence-corrected chi connectivity index (χ0v) is 13.9. The van der Waals surface area contributed by atoms with E-state index in [0.717, 1.165) is 13.1 Å². The minimum atomic E-state index is 0. The maximum atomic E-state index is 5.65. The van der Waals surface area contributed by atoms with Gasteiger partial charge in [0, 0.05) is 22.5 Å². The van der Waals surface area contributed by atoms with Crippen molar-refractivity contribution in [2.45, 2.75) is 38.8 Å². The Hall–Kier alpha value is -0.690. The fourth-order valence-electron chi connectivity index (χ4n) is 2.42. The van der Waals surface area contributed by atoms with E-state index in [2.05, 4.69) is 16.9 Å². The summed E-state index contributed by atoms with van der Waals surface area (Å²) in [4.78, 5) is 13.9. The van der Waals surface area contributed by atoms with Crippen LogP contribution in [-0.2, 0) is 25.9 Å². The lowest BCUT2D eigenvalue weighted by atomic mass is 10.0. The molecule has 2 N–H and O–H groups in total. The molecule has 2 heterocycles. The zero-order chi connectivity index (χ0) is 13.2. The molecule has 0 aliphatic heterocycles. The maximum Gasteiger partial charge on any atom is 0.180 e. The lowest BCUT2D eigenvalue weighted by molar-refractivity contribution is 0.321. The van der Waals surface area contributed by atoms with Crippen LogP contribution in [0.4, 0.5) is 5.13 Å². The van der Waals surface area contributed by atoms with Crippen LogP contribution in [0.15, 0.2) is 6.20 Å². The fourth-order valence-corrected chi connectivity index (χ4v) is 4.42. The Kier molecular flexibility index (Phi) is 5.37. The molecule has 110 valence electrons. The minimum Gasteiger partial charge on any atom is -0.375 e. The summed E-state index contributed by atoms with van der Waals surface area (Å²) >= 11 is 3.45. The third-order valence-corrected chi connectivity index (χ3v) is 5.25. The highest BCUT2D eigenvalue weighted by Crippen LogP contribution is 2.27. The molecule has 1 aliphatic rings. The van der Waals surface area contributed by atoms with E-state index < -0.39 is 0 Å². The number of hydrogen-bond donors (Lipinski definition) is 1. The van der Waals surface area contributed by atoms with Crippen LogP contribution in [0.1, 0.15) is 33.3 Å². The molecule has 1 aliphatic carbocycles. The predicted octanol–water partition coefficient (Wildman–Crippen LogP) is 3.11. The summed E-state index contributed by atoms with van der Waals surface area (Å²) in [5, 5.41) is 1.89. The lowest BCUT2D eigenvalue weighted by Gasteiger charge is -2.12. The van der Waals surface area contributed by atoms with Crippen LogP contribution in [0, 0.1) is 0 Å². The fraction of sp³-hybridized carbons (Fsp3) is 0.538. The van der Waals surface area contributed by atoms with Gasteiger partial charge in [-0.15, -0.1) is 35.1 Å². The highest BCUT2D eigenvalue weighted by Gasteiger charge is 2.16. The number of thiazole rings is 2. The first-order valence-corrected chi connectivity index (χ1v) is 8.20. The Labute approximate surface area is 133 Å². The predicted molar refractivity (Wildman–Crippen MR) is 87.7 cm³/mol. The summed E-state index contributed by atoms with van der Waals surface area (Å²) < 4.78 is 0. The zero-order valence-electron chi connectivity index (χ0n) is 11.5. The van der Waals surface area contributed by atoms with E-state index in [-0.39, 0.29) is 12.4 Å². The summed E-state index contributed by atoms with van der Waals surface area (Å²) in [7, 11) is 2.12. The normalized spacial score (nSPS) is 14.1. The average Bonchev–Trinajstić information content (AvgIpc) is 2.94. The number of aryl methyl sites for hydroxylation is 2. The summed E-state index contributed by atoms with van der Waals surface area (Å²) in [5.74, 6) is 0. The second-order valence-electron chi connectivity index (χ2n) is 5.02. The van der Waals surface area contributed by atoms with E-state index in [9.17, 15) is 0 Å². The molecule has 20 heavy (non-hydrogen) atoms. The number of nitrogen functional groups attached to an aromatic ring is 1. The number of halogens is 1. The van der Waals surface area contributed by atoms with Crippen molar-refractivity contribution in [3.8, 4) is 0 Å². The smallest absolute Gasteiger partial charge is 0.180 e. The molecule has 0 radical (unpaired) electrons. The number of aromatic nitrogens is 2. The molecule has 4 nitrogen and oxygen atoms in total. The molecule has 0 saturated heterocycles.